The molecule has 4 aromatic rings. The molecule has 0 spiro atoms. The molecule has 1 heterocycles. The molecule has 3 nitrogen and oxygen atoms in total. The van der Waals surface area contributed by atoms with Crippen LogP contribution < -0.4 is 10.6 Å². The smallest absolute Gasteiger partial charge is 0.163 e. The molecule has 172 valence electrons. The maximum Gasteiger partial charge on any atom is 0.163 e. The van der Waals surface area contributed by atoms with Crippen LogP contribution in [0.4, 0.5) is 11.4 Å². The van der Waals surface area contributed by atoms with Gasteiger partial charge in [0, 0.05) is 22.7 Å². The lowest BCUT2D eigenvalue weighted by Gasteiger charge is -2.30. The first kappa shape index (κ1) is 21.7. The fourth-order valence-corrected chi connectivity index (χ4v) is 5.56. The number of rotatable bonds is 3. The Bertz CT molecular complexity index is 1430. The summed E-state index contributed by atoms with van der Waals surface area (Å²) in [6.07, 6.45) is 1.18. The lowest BCUT2D eigenvalue weighted by molar-refractivity contribution is -0.116. The van der Waals surface area contributed by atoms with E-state index in [4.69, 9.17) is 11.6 Å². The number of hydrogen-bond acceptors (Lipinski definition) is 3. The van der Waals surface area contributed by atoms with Gasteiger partial charge in [0.2, 0.25) is 0 Å². The minimum Gasteiger partial charge on any atom is -0.372 e. The van der Waals surface area contributed by atoms with Crippen LogP contribution in [0.5, 0.6) is 0 Å². The Morgan fingerprint density at radius 1 is 0.686 bits per heavy atom. The van der Waals surface area contributed by atoms with Crippen LogP contribution in [0.25, 0.3) is 11.1 Å². The van der Waals surface area contributed by atoms with Gasteiger partial charge in [0.25, 0.3) is 0 Å². The standard InChI is InChI=1S/C31H25ClN2O/c32-25-11-5-4-10-24(25)23-18-28-30(29(35)19-23)31(34-27-13-7-6-12-26(27)33-28)22-16-14-21(15-17-22)20-8-2-1-3-9-20/h1-17,23,31,33-34H,18-19H2. The highest BCUT2D eigenvalue weighted by Crippen LogP contribution is 2.45. The van der Waals surface area contributed by atoms with Crippen LogP contribution in [0.1, 0.15) is 35.9 Å². The van der Waals surface area contributed by atoms with Crippen molar-refractivity contribution in [1.82, 2.24) is 0 Å². The molecule has 0 aromatic heterocycles. The summed E-state index contributed by atoms with van der Waals surface area (Å²) in [6.45, 7) is 0. The molecule has 0 saturated heterocycles. The molecule has 0 saturated carbocycles. The number of para-hydroxylation sites is 2. The molecule has 0 amide bonds. The monoisotopic (exact) mass is 476 g/mol. The Kier molecular flexibility index (Phi) is 5.63. The van der Waals surface area contributed by atoms with Crippen molar-refractivity contribution < 1.29 is 4.79 Å². The van der Waals surface area contributed by atoms with Gasteiger partial charge < -0.3 is 10.6 Å². The molecule has 0 radical (unpaired) electrons. The third kappa shape index (κ3) is 4.13. The number of hydrogen-bond donors (Lipinski definition) is 2. The second kappa shape index (κ2) is 9.09. The van der Waals surface area contributed by atoms with Gasteiger partial charge in [0.15, 0.2) is 5.78 Å². The first-order chi connectivity index (χ1) is 17.2. The quantitative estimate of drug-likeness (QED) is 0.315. The van der Waals surface area contributed by atoms with Gasteiger partial charge in [-0.1, -0.05) is 96.5 Å². The molecule has 35 heavy (non-hydrogen) atoms. The van der Waals surface area contributed by atoms with Crippen LogP contribution >= 0.6 is 11.6 Å². The van der Waals surface area contributed by atoms with E-state index in [0.29, 0.717) is 6.42 Å². The van der Waals surface area contributed by atoms with Gasteiger partial charge in [-0.3, -0.25) is 4.79 Å². The second-order valence-electron chi connectivity index (χ2n) is 9.18. The highest BCUT2D eigenvalue weighted by Gasteiger charge is 2.36. The SMILES string of the molecule is O=C1CC(c2ccccc2Cl)CC2=C1C(c1ccc(-c3ccccc3)cc1)Nc1ccccc1N2. The summed E-state index contributed by atoms with van der Waals surface area (Å²) in [4.78, 5) is 13.7. The van der Waals surface area contributed by atoms with Gasteiger partial charge >= 0.3 is 0 Å². The van der Waals surface area contributed by atoms with Crippen molar-refractivity contribution in [3.8, 4) is 11.1 Å². The number of nitrogens with one attached hydrogen (secondary N) is 2. The molecule has 2 N–H and O–H groups in total. The van der Waals surface area contributed by atoms with E-state index in [-0.39, 0.29) is 17.7 Å². The zero-order valence-electron chi connectivity index (χ0n) is 19.2. The van der Waals surface area contributed by atoms with Gasteiger partial charge in [-0.25, -0.2) is 0 Å². The zero-order chi connectivity index (χ0) is 23.8. The maximum atomic E-state index is 13.7. The number of halogens is 1. The predicted octanol–water partition coefficient (Wildman–Crippen LogP) is 7.99. The maximum absolute atomic E-state index is 13.7. The van der Waals surface area contributed by atoms with E-state index >= 15 is 0 Å². The number of anilines is 2. The normalized spacial score (nSPS) is 19.2. The molecule has 4 heteroatoms. The molecule has 0 fully saturated rings. The van der Waals surface area contributed by atoms with E-state index in [1.807, 2.05) is 54.6 Å². The largest absolute Gasteiger partial charge is 0.372 e. The lowest BCUT2D eigenvalue weighted by atomic mass is 9.78. The summed E-state index contributed by atoms with van der Waals surface area (Å²) in [5.41, 5.74) is 8.20. The molecular weight excluding hydrogens is 452 g/mol. The fraction of sp³-hybridized carbons (Fsp3) is 0.129. The number of allylic oxidation sites excluding steroid dienone is 1. The molecule has 2 atom stereocenters. The van der Waals surface area contributed by atoms with Crippen LogP contribution in [0.2, 0.25) is 5.02 Å². The summed E-state index contributed by atoms with van der Waals surface area (Å²) in [6, 6.07) is 34.6. The molecule has 6 rings (SSSR count). The van der Waals surface area contributed by atoms with Gasteiger partial charge in [0.05, 0.1) is 17.4 Å². The van der Waals surface area contributed by atoms with E-state index < -0.39 is 0 Å². The van der Waals surface area contributed by atoms with Gasteiger partial charge in [0.1, 0.15) is 0 Å². The summed E-state index contributed by atoms with van der Waals surface area (Å²) >= 11 is 6.52. The minimum atomic E-state index is -0.231. The van der Waals surface area contributed by atoms with Crippen molar-refractivity contribution in [3.63, 3.8) is 0 Å². The Balaban J connectivity index is 1.42. The first-order valence-electron chi connectivity index (χ1n) is 12.0. The summed E-state index contributed by atoms with van der Waals surface area (Å²) in [5, 5.41) is 7.98. The predicted molar refractivity (Wildman–Crippen MR) is 144 cm³/mol. The molecule has 2 unspecified atom stereocenters. The van der Waals surface area contributed by atoms with Gasteiger partial charge in [-0.2, -0.15) is 0 Å². The van der Waals surface area contributed by atoms with Crippen molar-refractivity contribution in [3.05, 3.63) is 131 Å². The molecule has 1 aliphatic carbocycles. The van der Waals surface area contributed by atoms with E-state index in [9.17, 15) is 4.79 Å². The highest BCUT2D eigenvalue weighted by atomic mass is 35.5. The summed E-state index contributed by atoms with van der Waals surface area (Å²) in [5.74, 6) is 0.204. The number of benzene rings is 4. The number of carbonyl (C=O) groups is 1. The molecule has 2 aliphatic rings. The fourth-order valence-electron chi connectivity index (χ4n) is 5.27. The van der Waals surface area contributed by atoms with E-state index in [2.05, 4.69) is 59.2 Å². The topological polar surface area (TPSA) is 41.1 Å². The Morgan fingerprint density at radius 2 is 1.34 bits per heavy atom. The molecule has 0 bridgehead atoms. The molecule has 1 aliphatic heterocycles. The molecule has 4 aromatic carbocycles. The number of carbonyl (C=O) groups excluding carboxylic acids is 1. The number of ketones is 1. The first-order valence-corrected chi connectivity index (χ1v) is 12.3. The van der Waals surface area contributed by atoms with Crippen molar-refractivity contribution in [2.75, 3.05) is 10.6 Å². The molecular formula is C31H25ClN2O. The van der Waals surface area contributed by atoms with Crippen LogP contribution in [0.15, 0.2) is 114 Å². The van der Waals surface area contributed by atoms with E-state index in [0.717, 1.165) is 50.8 Å². The Hall–Kier alpha value is -3.82. The van der Waals surface area contributed by atoms with Gasteiger partial charge in [-0.05, 0) is 52.8 Å². The Morgan fingerprint density at radius 3 is 2.11 bits per heavy atom. The highest BCUT2D eigenvalue weighted by molar-refractivity contribution is 6.31. The average molecular weight is 477 g/mol. The van der Waals surface area contributed by atoms with E-state index in [1.54, 1.807) is 0 Å². The number of fused-ring (bicyclic) bond motifs is 1. The zero-order valence-corrected chi connectivity index (χ0v) is 19.9. The van der Waals surface area contributed by atoms with Crippen LogP contribution in [-0.4, -0.2) is 5.78 Å². The van der Waals surface area contributed by atoms with Crippen LogP contribution in [0.3, 0.4) is 0 Å². The third-order valence-electron chi connectivity index (χ3n) is 7.01. The van der Waals surface area contributed by atoms with Crippen LogP contribution in [-0.2, 0) is 4.79 Å². The minimum absolute atomic E-state index is 0.0498. The van der Waals surface area contributed by atoms with E-state index in [1.165, 1.54) is 5.56 Å². The van der Waals surface area contributed by atoms with Crippen molar-refractivity contribution >= 4 is 28.8 Å². The van der Waals surface area contributed by atoms with Crippen molar-refractivity contribution in [2.24, 2.45) is 0 Å². The van der Waals surface area contributed by atoms with Crippen molar-refractivity contribution in [2.45, 2.75) is 24.8 Å². The summed E-state index contributed by atoms with van der Waals surface area (Å²) < 4.78 is 0. The van der Waals surface area contributed by atoms with Gasteiger partial charge in [-0.15, -0.1) is 0 Å². The second-order valence-corrected chi connectivity index (χ2v) is 9.59. The average Bonchev–Trinajstić information content (AvgIpc) is 3.06. The third-order valence-corrected chi connectivity index (χ3v) is 7.35. The Labute approximate surface area is 210 Å². The lowest BCUT2D eigenvalue weighted by Crippen LogP contribution is -2.27. The summed E-state index contributed by atoms with van der Waals surface area (Å²) in [7, 11) is 0. The number of Topliss-reactive ketones (excluding diaryl/α,β-unsaturated/α-hetero) is 1. The van der Waals surface area contributed by atoms with Crippen LogP contribution in [0, 0.1) is 0 Å². The van der Waals surface area contributed by atoms with Crippen molar-refractivity contribution in [1.29, 1.82) is 0 Å².